The molecular weight excluding hydrogens is 294 g/mol. The first-order chi connectivity index (χ1) is 10.1. The van der Waals surface area contributed by atoms with E-state index in [4.69, 9.17) is 15.2 Å². The third kappa shape index (κ3) is 3.30. The van der Waals surface area contributed by atoms with Crippen molar-refractivity contribution in [2.24, 2.45) is 0 Å². The third-order valence-corrected chi connectivity index (χ3v) is 3.68. The zero-order chi connectivity index (χ0) is 15.4. The molecule has 21 heavy (non-hydrogen) atoms. The fraction of sp³-hybridized carbons (Fsp3) is 0.417. The molecule has 1 unspecified atom stereocenters. The van der Waals surface area contributed by atoms with Gasteiger partial charge in [0.05, 0.1) is 20.8 Å². The van der Waals surface area contributed by atoms with Crippen molar-refractivity contribution in [2.75, 3.05) is 32.0 Å². The lowest BCUT2D eigenvalue weighted by Crippen LogP contribution is -2.10. The van der Waals surface area contributed by atoms with Crippen molar-refractivity contribution in [3.63, 3.8) is 0 Å². The molecule has 0 saturated heterocycles. The van der Waals surface area contributed by atoms with E-state index in [9.17, 15) is 4.21 Å². The molecule has 1 heterocycles. The Morgan fingerprint density at radius 2 is 1.95 bits per heavy atom. The summed E-state index contributed by atoms with van der Waals surface area (Å²) in [6.45, 7) is 0.444. The van der Waals surface area contributed by atoms with Crippen LogP contribution in [0.4, 0.5) is 5.69 Å². The van der Waals surface area contributed by atoms with Gasteiger partial charge >= 0.3 is 0 Å². The van der Waals surface area contributed by atoms with E-state index in [0.29, 0.717) is 40.9 Å². The molecule has 0 saturated carbocycles. The molecule has 114 valence electrons. The number of nitrogen functional groups attached to an aromatic ring is 1. The van der Waals surface area contributed by atoms with Crippen LogP contribution >= 0.6 is 0 Å². The highest BCUT2D eigenvalue weighted by Crippen LogP contribution is 2.36. The van der Waals surface area contributed by atoms with Crippen molar-refractivity contribution < 1.29 is 13.7 Å². The second kappa shape index (κ2) is 6.53. The summed E-state index contributed by atoms with van der Waals surface area (Å²) in [5, 5.41) is 11.5. The Kier molecular flexibility index (Phi) is 4.73. The number of hydrogen-bond donors (Lipinski definition) is 1. The summed E-state index contributed by atoms with van der Waals surface area (Å²) in [5.41, 5.74) is 7.14. The first-order valence-corrected chi connectivity index (χ1v) is 7.87. The number of aryl methyl sites for hydroxylation is 1. The predicted octanol–water partition coefficient (Wildman–Crippen LogP) is 0.318. The van der Waals surface area contributed by atoms with Gasteiger partial charge in [-0.3, -0.25) is 4.21 Å². The maximum atomic E-state index is 11.2. The van der Waals surface area contributed by atoms with Crippen LogP contribution in [-0.4, -0.2) is 50.6 Å². The highest BCUT2D eigenvalue weighted by molar-refractivity contribution is 7.84. The van der Waals surface area contributed by atoms with Crippen LogP contribution in [0.25, 0.3) is 11.4 Å². The molecule has 0 bridgehead atoms. The lowest BCUT2D eigenvalue weighted by atomic mass is 10.1. The van der Waals surface area contributed by atoms with Gasteiger partial charge in [-0.15, -0.1) is 5.10 Å². The van der Waals surface area contributed by atoms with E-state index in [-0.39, 0.29) is 0 Å². The fourth-order valence-electron chi connectivity index (χ4n) is 1.85. The van der Waals surface area contributed by atoms with Crippen molar-refractivity contribution in [2.45, 2.75) is 6.54 Å². The van der Waals surface area contributed by atoms with E-state index in [1.807, 2.05) is 0 Å². The maximum Gasteiger partial charge on any atom is 0.184 e. The SMILES string of the molecule is COc1cc(N)c(-c2nnnn2CCS(C)=O)cc1OC. The minimum absolute atomic E-state index is 0.444. The molecule has 1 aromatic carbocycles. The van der Waals surface area contributed by atoms with E-state index < -0.39 is 10.8 Å². The van der Waals surface area contributed by atoms with Crippen LogP contribution in [0.3, 0.4) is 0 Å². The average Bonchev–Trinajstić information content (AvgIpc) is 2.92. The van der Waals surface area contributed by atoms with Crippen LogP contribution in [0.2, 0.25) is 0 Å². The summed E-state index contributed by atoms with van der Waals surface area (Å²) in [7, 11) is 2.16. The van der Waals surface area contributed by atoms with Gasteiger partial charge in [0.25, 0.3) is 0 Å². The number of ether oxygens (including phenoxy) is 2. The van der Waals surface area contributed by atoms with Crippen LogP contribution in [0, 0.1) is 0 Å². The van der Waals surface area contributed by atoms with Gasteiger partial charge in [-0.1, -0.05) is 0 Å². The van der Waals surface area contributed by atoms with Crippen molar-refractivity contribution >= 4 is 16.5 Å². The number of nitrogens with two attached hydrogens (primary N) is 1. The number of nitrogens with zero attached hydrogens (tertiary/aromatic N) is 4. The Balaban J connectivity index is 2.42. The fourth-order valence-corrected chi connectivity index (χ4v) is 2.28. The number of hydrogen-bond acceptors (Lipinski definition) is 7. The molecule has 2 rings (SSSR count). The van der Waals surface area contributed by atoms with Gasteiger partial charge in [-0.2, -0.15) is 0 Å². The molecule has 9 heteroatoms. The van der Waals surface area contributed by atoms with Crippen LogP contribution in [0.5, 0.6) is 11.5 Å². The highest BCUT2D eigenvalue weighted by Gasteiger charge is 2.16. The van der Waals surface area contributed by atoms with E-state index in [1.54, 1.807) is 30.2 Å². The van der Waals surface area contributed by atoms with Gasteiger partial charge in [-0.05, 0) is 16.5 Å². The Morgan fingerprint density at radius 1 is 1.29 bits per heavy atom. The van der Waals surface area contributed by atoms with Gasteiger partial charge in [-0.25, -0.2) is 4.68 Å². The van der Waals surface area contributed by atoms with E-state index >= 15 is 0 Å². The third-order valence-electron chi connectivity index (χ3n) is 2.92. The van der Waals surface area contributed by atoms with Crippen LogP contribution < -0.4 is 15.2 Å². The summed E-state index contributed by atoms with van der Waals surface area (Å²) < 4.78 is 23.2. The monoisotopic (exact) mass is 311 g/mol. The average molecular weight is 311 g/mol. The van der Waals surface area contributed by atoms with E-state index in [0.717, 1.165) is 0 Å². The molecule has 0 aliphatic heterocycles. The lowest BCUT2D eigenvalue weighted by Gasteiger charge is -2.12. The molecule has 0 aliphatic rings. The van der Waals surface area contributed by atoms with Gasteiger partial charge in [0.15, 0.2) is 17.3 Å². The predicted molar refractivity (Wildman–Crippen MR) is 79.7 cm³/mol. The standard InChI is InChI=1S/C12H17N5O3S/c1-19-10-6-8(9(13)7-11(10)20-2)12-14-15-16-17(12)4-5-21(3)18/h6-7H,4-5,13H2,1-3H3. The van der Waals surface area contributed by atoms with Gasteiger partial charge < -0.3 is 15.2 Å². The number of benzene rings is 1. The van der Waals surface area contributed by atoms with Crippen molar-refractivity contribution in [1.82, 2.24) is 20.2 Å². The van der Waals surface area contributed by atoms with Crippen LogP contribution in [0.1, 0.15) is 0 Å². The molecule has 2 N–H and O–H groups in total. The molecule has 1 atom stereocenters. The number of aromatic nitrogens is 4. The molecule has 8 nitrogen and oxygen atoms in total. The van der Waals surface area contributed by atoms with Crippen molar-refractivity contribution in [1.29, 1.82) is 0 Å². The number of anilines is 1. The Bertz CT molecular complexity index is 658. The van der Waals surface area contributed by atoms with Crippen LogP contribution in [0.15, 0.2) is 12.1 Å². The summed E-state index contributed by atoms with van der Waals surface area (Å²) in [6.07, 6.45) is 1.63. The first-order valence-electron chi connectivity index (χ1n) is 6.15. The molecule has 0 aliphatic carbocycles. The smallest absolute Gasteiger partial charge is 0.184 e. The zero-order valence-electron chi connectivity index (χ0n) is 12.1. The minimum atomic E-state index is -0.924. The minimum Gasteiger partial charge on any atom is -0.493 e. The van der Waals surface area contributed by atoms with Gasteiger partial charge in [0.2, 0.25) is 0 Å². The number of tetrazole rings is 1. The number of rotatable bonds is 6. The quantitative estimate of drug-likeness (QED) is 0.766. The normalized spacial score (nSPS) is 12.1. The summed E-state index contributed by atoms with van der Waals surface area (Å²) in [6, 6.07) is 3.38. The number of methoxy groups -OCH3 is 2. The summed E-state index contributed by atoms with van der Waals surface area (Å²) >= 11 is 0. The molecule has 0 radical (unpaired) electrons. The highest BCUT2D eigenvalue weighted by atomic mass is 32.2. The lowest BCUT2D eigenvalue weighted by molar-refractivity contribution is 0.355. The summed E-state index contributed by atoms with van der Waals surface area (Å²) in [5.74, 6) is 2.03. The van der Waals surface area contributed by atoms with Gasteiger partial charge in [0, 0.05) is 40.1 Å². The maximum absolute atomic E-state index is 11.2. The Hall–Kier alpha value is -2.16. The topological polar surface area (TPSA) is 105 Å². The second-order valence-electron chi connectivity index (χ2n) is 4.30. The molecular formula is C12H17N5O3S. The Morgan fingerprint density at radius 3 is 2.57 bits per heavy atom. The summed E-state index contributed by atoms with van der Waals surface area (Å²) in [4.78, 5) is 0. The zero-order valence-corrected chi connectivity index (χ0v) is 12.9. The first kappa shape index (κ1) is 15.2. The Labute approximate surface area is 124 Å². The molecule has 0 amide bonds. The van der Waals surface area contributed by atoms with Crippen LogP contribution in [-0.2, 0) is 17.3 Å². The van der Waals surface area contributed by atoms with Crippen molar-refractivity contribution in [3.05, 3.63) is 12.1 Å². The van der Waals surface area contributed by atoms with E-state index in [1.165, 1.54) is 7.11 Å². The van der Waals surface area contributed by atoms with Crippen molar-refractivity contribution in [3.8, 4) is 22.9 Å². The van der Waals surface area contributed by atoms with Gasteiger partial charge in [0.1, 0.15) is 0 Å². The van der Waals surface area contributed by atoms with E-state index in [2.05, 4.69) is 15.5 Å². The second-order valence-corrected chi connectivity index (χ2v) is 5.85. The molecule has 2 aromatic rings. The molecule has 0 fully saturated rings. The molecule has 0 spiro atoms. The largest absolute Gasteiger partial charge is 0.493 e. The molecule has 1 aromatic heterocycles.